The van der Waals surface area contributed by atoms with Crippen LogP contribution < -0.4 is 10.6 Å². The van der Waals surface area contributed by atoms with Crippen LogP contribution in [0.3, 0.4) is 0 Å². The Morgan fingerprint density at radius 2 is 2.00 bits per heavy atom. The topological polar surface area (TPSA) is 62.7 Å². The minimum absolute atomic E-state index is 0.549. The largest absolute Gasteiger partial charge is 0.370 e. The first-order valence-corrected chi connectivity index (χ1v) is 7.11. The Morgan fingerprint density at radius 3 is 2.65 bits per heavy atom. The highest BCUT2D eigenvalue weighted by atomic mass is 15.1. The monoisotopic (exact) mass is 269 g/mol. The summed E-state index contributed by atoms with van der Waals surface area (Å²) >= 11 is 0. The van der Waals surface area contributed by atoms with Crippen LogP contribution in [0.25, 0.3) is 0 Å². The van der Waals surface area contributed by atoms with E-state index in [1.807, 2.05) is 24.4 Å². The fraction of sp³-hybridized carbons (Fsp3) is 0.400. The molecule has 0 bridgehead atoms. The summed E-state index contributed by atoms with van der Waals surface area (Å²) in [5.41, 5.74) is 1.14. The molecule has 2 N–H and O–H groups in total. The van der Waals surface area contributed by atoms with Crippen molar-refractivity contribution in [2.45, 2.75) is 32.2 Å². The van der Waals surface area contributed by atoms with E-state index in [2.05, 4.69) is 32.5 Å². The molecule has 0 saturated heterocycles. The van der Waals surface area contributed by atoms with Crippen molar-refractivity contribution in [3.05, 3.63) is 42.0 Å². The van der Waals surface area contributed by atoms with Crippen LogP contribution in [0.15, 0.2) is 30.6 Å². The van der Waals surface area contributed by atoms with Crippen molar-refractivity contribution in [1.29, 1.82) is 0 Å². The van der Waals surface area contributed by atoms with Crippen LogP contribution in [-0.2, 0) is 6.54 Å². The molecule has 3 rings (SSSR count). The minimum Gasteiger partial charge on any atom is -0.370 e. The van der Waals surface area contributed by atoms with E-state index in [9.17, 15) is 0 Å². The van der Waals surface area contributed by atoms with E-state index in [0.717, 1.165) is 36.1 Å². The zero-order valence-electron chi connectivity index (χ0n) is 11.6. The summed E-state index contributed by atoms with van der Waals surface area (Å²) in [6, 6.07) is 5.95. The van der Waals surface area contributed by atoms with Gasteiger partial charge in [0.2, 0.25) is 0 Å². The first-order chi connectivity index (χ1) is 9.85. The third kappa shape index (κ3) is 3.23. The van der Waals surface area contributed by atoms with E-state index < -0.39 is 0 Å². The second kappa shape index (κ2) is 5.86. The number of anilines is 2. The Bertz CT molecular complexity index is 566. The van der Waals surface area contributed by atoms with Crippen LogP contribution in [-0.4, -0.2) is 21.5 Å². The molecule has 0 aromatic carbocycles. The van der Waals surface area contributed by atoms with Gasteiger partial charge in [0, 0.05) is 37.5 Å². The molecule has 1 saturated carbocycles. The average Bonchev–Trinajstić information content (AvgIpc) is 3.31. The fourth-order valence-corrected chi connectivity index (χ4v) is 2.05. The van der Waals surface area contributed by atoms with E-state index in [1.54, 1.807) is 6.20 Å². The summed E-state index contributed by atoms with van der Waals surface area (Å²) in [4.78, 5) is 13.3. The van der Waals surface area contributed by atoms with Crippen molar-refractivity contribution in [3.8, 4) is 0 Å². The average molecular weight is 269 g/mol. The lowest BCUT2D eigenvalue weighted by Crippen LogP contribution is -2.07. The number of nitrogens with zero attached hydrogens (tertiary/aromatic N) is 3. The predicted octanol–water partition coefficient (Wildman–Crippen LogP) is 2.79. The molecule has 0 radical (unpaired) electrons. The van der Waals surface area contributed by atoms with Crippen LogP contribution >= 0.6 is 0 Å². The summed E-state index contributed by atoms with van der Waals surface area (Å²) in [6.45, 7) is 3.66. The highest BCUT2D eigenvalue weighted by Gasteiger charge is 2.27. The maximum absolute atomic E-state index is 4.61. The smallest absolute Gasteiger partial charge is 0.136 e. The van der Waals surface area contributed by atoms with Gasteiger partial charge in [-0.15, -0.1) is 0 Å². The summed E-state index contributed by atoms with van der Waals surface area (Å²) in [5, 5.41) is 6.62. The molecular weight excluding hydrogens is 250 g/mol. The molecule has 2 heterocycles. The number of hydrogen-bond acceptors (Lipinski definition) is 5. The summed E-state index contributed by atoms with van der Waals surface area (Å²) in [7, 11) is 0. The Hall–Kier alpha value is -2.17. The van der Waals surface area contributed by atoms with Crippen LogP contribution in [0.1, 0.15) is 37.1 Å². The maximum atomic E-state index is 4.61. The molecule has 0 amide bonds. The maximum Gasteiger partial charge on any atom is 0.136 e. The van der Waals surface area contributed by atoms with Gasteiger partial charge in [0.05, 0.1) is 0 Å². The van der Waals surface area contributed by atoms with Gasteiger partial charge in [0.1, 0.15) is 17.5 Å². The zero-order chi connectivity index (χ0) is 13.8. The Labute approximate surface area is 118 Å². The SMILES string of the molecule is CCNc1cc(NCc2cccnc2)nc(C2CC2)n1. The van der Waals surface area contributed by atoms with Crippen molar-refractivity contribution in [3.63, 3.8) is 0 Å². The van der Waals surface area contributed by atoms with Crippen LogP contribution in [0.5, 0.6) is 0 Å². The molecule has 104 valence electrons. The quantitative estimate of drug-likeness (QED) is 0.844. The van der Waals surface area contributed by atoms with Crippen molar-refractivity contribution < 1.29 is 0 Å². The standard InChI is InChI=1S/C15H19N5/c1-2-17-13-8-14(20-15(19-13)12-5-6-12)18-10-11-4-3-7-16-9-11/h3-4,7-9,12H,2,5-6,10H2,1H3,(H2,17,18,19,20). The van der Waals surface area contributed by atoms with E-state index in [4.69, 9.17) is 0 Å². The van der Waals surface area contributed by atoms with E-state index in [-0.39, 0.29) is 0 Å². The van der Waals surface area contributed by atoms with Gasteiger partial charge in [0.15, 0.2) is 0 Å². The third-order valence-corrected chi connectivity index (χ3v) is 3.24. The summed E-state index contributed by atoms with van der Waals surface area (Å²) in [6.07, 6.45) is 6.05. The Kier molecular flexibility index (Phi) is 3.76. The lowest BCUT2D eigenvalue weighted by Gasteiger charge is -2.10. The molecule has 0 unspecified atom stereocenters. The van der Waals surface area contributed by atoms with Crippen molar-refractivity contribution in [2.75, 3.05) is 17.2 Å². The molecule has 1 aliphatic rings. The molecule has 5 nitrogen and oxygen atoms in total. The highest BCUT2D eigenvalue weighted by Crippen LogP contribution is 2.38. The van der Waals surface area contributed by atoms with Crippen LogP contribution in [0.2, 0.25) is 0 Å². The van der Waals surface area contributed by atoms with Crippen molar-refractivity contribution >= 4 is 11.6 Å². The van der Waals surface area contributed by atoms with Gasteiger partial charge < -0.3 is 10.6 Å². The van der Waals surface area contributed by atoms with Gasteiger partial charge in [-0.2, -0.15) is 0 Å². The van der Waals surface area contributed by atoms with Crippen LogP contribution in [0.4, 0.5) is 11.6 Å². The number of pyridine rings is 1. The van der Waals surface area contributed by atoms with Gasteiger partial charge in [-0.05, 0) is 31.4 Å². The molecule has 2 aromatic rings. The normalized spacial score (nSPS) is 14.1. The Balaban J connectivity index is 1.74. The van der Waals surface area contributed by atoms with Gasteiger partial charge in [0.25, 0.3) is 0 Å². The first-order valence-electron chi connectivity index (χ1n) is 7.11. The van der Waals surface area contributed by atoms with E-state index >= 15 is 0 Å². The molecule has 2 aromatic heterocycles. The lowest BCUT2D eigenvalue weighted by atomic mass is 10.3. The summed E-state index contributed by atoms with van der Waals surface area (Å²) in [5.74, 6) is 3.28. The van der Waals surface area contributed by atoms with E-state index in [1.165, 1.54) is 12.8 Å². The Morgan fingerprint density at radius 1 is 1.20 bits per heavy atom. The molecule has 1 fully saturated rings. The molecule has 0 spiro atoms. The second-order valence-electron chi connectivity index (χ2n) is 5.02. The summed E-state index contributed by atoms with van der Waals surface area (Å²) < 4.78 is 0. The van der Waals surface area contributed by atoms with Crippen molar-refractivity contribution in [2.24, 2.45) is 0 Å². The molecule has 20 heavy (non-hydrogen) atoms. The van der Waals surface area contributed by atoms with Gasteiger partial charge in [-0.25, -0.2) is 9.97 Å². The molecular formula is C15H19N5. The lowest BCUT2D eigenvalue weighted by molar-refractivity contribution is 0.918. The molecule has 1 aliphatic carbocycles. The van der Waals surface area contributed by atoms with Gasteiger partial charge in [-0.3, -0.25) is 4.98 Å². The molecule has 0 aliphatic heterocycles. The van der Waals surface area contributed by atoms with Gasteiger partial charge >= 0.3 is 0 Å². The third-order valence-electron chi connectivity index (χ3n) is 3.24. The number of nitrogens with one attached hydrogen (secondary N) is 2. The predicted molar refractivity (Wildman–Crippen MR) is 79.7 cm³/mol. The van der Waals surface area contributed by atoms with Gasteiger partial charge in [-0.1, -0.05) is 6.07 Å². The molecule has 0 atom stereocenters. The number of rotatable bonds is 6. The minimum atomic E-state index is 0.549. The highest BCUT2D eigenvalue weighted by molar-refractivity contribution is 5.48. The van der Waals surface area contributed by atoms with E-state index in [0.29, 0.717) is 5.92 Å². The molecule has 5 heteroatoms. The van der Waals surface area contributed by atoms with Crippen LogP contribution in [0, 0.1) is 0 Å². The zero-order valence-corrected chi connectivity index (χ0v) is 11.6. The van der Waals surface area contributed by atoms with Crippen molar-refractivity contribution in [1.82, 2.24) is 15.0 Å². The fourth-order valence-electron chi connectivity index (χ4n) is 2.05. The first kappa shape index (κ1) is 12.8. The number of aromatic nitrogens is 3. The number of hydrogen-bond donors (Lipinski definition) is 2. The second-order valence-corrected chi connectivity index (χ2v) is 5.02.